The maximum absolute atomic E-state index is 11.6. The molecular weight excluding hydrogens is 464 g/mol. The molecule has 1 aromatic heterocycles. The van der Waals surface area contributed by atoms with Crippen molar-refractivity contribution in [1.29, 1.82) is 0 Å². The molecule has 1 fully saturated rings. The normalized spacial score (nSPS) is 14.6. The third-order valence-electron chi connectivity index (χ3n) is 5.91. The molecule has 0 atom stereocenters. The number of ether oxygens (including phenoxy) is 1. The van der Waals surface area contributed by atoms with Gasteiger partial charge >= 0.3 is 0 Å². The number of amides is 1. The van der Waals surface area contributed by atoms with Gasteiger partial charge in [-0.1, -0.05) is 41.8 Å². The first-order chi connectivity index (χ1) is 16.4. The first kappa shape index (κ1) is 24.3. The molecule has 0 aliphatic carbocycles. The number of carbonyl (C=O) groups is 1. The lowest BCUT2D eigenvalue weighted by molar-refractivity contribution is -0.111. The number of carbonyl (C=O) groups excluding carboxylic acids is 1. The number of thiazole rings is 1. The zero-order valence-corrected chi connectivity index (χ0v) is 21.4. The Balaban J connectivity index is 1.47. The Hall–Kier alpha value is -2.81. The van der Waals surface area contributed by atoms with Crippen molar-refractivity contribution in [2.75, 3.05) is 37.9 Å². The number of piperidine rings is 1. The van der Waals surface area contributed by atoms with Crippen molar-refractivity contribution in [2.24, 2.45) is 0 Å². The van der Waals surface area contributed by atoms with Gasteiger partial charge in [-0.05, 0) is 87.8 Å². The number of hydrogen-bond acceptors (Lipinski definition) is 7. The number of hydrogen-bond donors (Lipinski definition) is 2. The minimum absolute atomic E-state index is 0.224. The van der Waals surface area contributed by atoms with Crippen molar-refractivity contribution in [1.82, 2.24) is 9.88 Å². The monoisotopic (exact) mass is 494 g/mol. The summed E-state index contributed by atoms with van der Waals surface area (Å²) in [5.41, 5.74) is 3.95. The highest BCUT2D eigenvalue weighted by atomic mass is 32.2. The van der Waals surface area contributed by atoms with Gasteiger partial charge in [0.05, 0.1) is 22.7 Å². The summed E-state index contributed by atoms with van der Waals surface area (Å²) < 4.78 is 6.81. The van der Waals surface area contributed by atoms with Crippen molar-refractivity contribution in [3.05, 3.63) is 66.4 Å². The van der Waals surface area contributed by atoms with E-state index in [9.17, 15) is 4.79 Å². The van der Waals surface area contributed by atoms with E-state index >= 15 is 0 Å². The van der Waals surface area contributed by atoms with Crippen LogP contribution in [0, 0.1) is 6.92 Å². The summed E-state index contributed by atoms with van der Waals surface area (Å²) in [5.74, 6) is 1.19. The smallest absolute Gasteiger partial charge is 0.247 e. The van der Waals surface area contributed by atoms with Gasteiger partial charge < -0.3 is 20.3 Å². The quantitative estimate of drug-likeness (QED) is 0.359. The Morgan fingerprint density at radius 1 is 1.26 bits per heavy atom. The number of rotatable bonds is 8. The Kier molecular flexibility index (Phi) is 7.92. The Morgan fingerprint density at radius 3 is 2.79 bits per heavy atom. The van der Waals surface area contributed by atoms with Crippen LogP contribution in [-0.2, 0) is 4.79 Å². The molecular formula is C26H30N4O2S2. The van der Waals surface area contributed by atoms with Gasteiger partial charge in [0.1, 0.15) is 5.75 Å². The summed E-state index contributed by atoms with van der Waals surface area (Å²) in [6.45, 7) is 7.77. The number of anilines is 3. The number of methoxy groups -OCH3 is 1. The van der Waals surface area contributed by atoms with E-state index in [1.54, 1.807) is 30.2 Å². The summed E-state index contributed by atoms with van der Waals surface area (Å²) in [4.78, 5) is 19.7. The number of likely N-dealkylation sites (tertiary alicyclic amines) is 1. The average molecular weight is 495 g/mol. The lowest BCUT2D eigenvalue weighted by atomic mass is 9.89. The highest BCUT2D eigenvalue weighted by Crippen LogP contribution is 2.40. The summed E-state index contributed by atoms with van der Waals surface area (Å²) in [6.07, 6.45) is 3.62. The number of nitrogens with zero attached hydrogens (tertiary/aromatic N) is 2. The Bertz CT molecular complexity index is 1170. The molecule has 8 heteroatoms. The number of benzene rings is 2. The molecule has 6 nitrogen and oxygen atoms in total. The van der Waals surface area contributed by atoms with Crippen molar-refractivity contribution >= 4 is 45.5 Å². The molecule has 0 saturated carbocycles. The van der Waals surface area contributed by atoms with E-state index in [1.165, 1.54) is 24.5 Å². The lowest BCUT2D eigenvalue weighted by Crippen LogP contribution is -2.29. The summed E-state index contributed by atoms with van der Waals surface area (Å²) >= 11 is 3.23. The highest BCUT2D eigenvalue weighted by molar-refractivity contribution is 8.01. The molecule has 2 heterocycles. The lowest BCUT2D eigenvalue weighted by Gasteiger charge is -2.29. The predicted molar refractivity (Wildman–Crippen MR) is 142 cm³/mol. The van der Waals surface area contributed by atoms with Gasteiger partial charge in [-0.3, -0.25) is 4.79 Å². The maximum atomic E-state index is 11.6. The molecule has 1 amide bonds. The van der Waals surface area contributed by atoms with Crippen molar-refractivity contribution in [3.63, 3.8) is 0 Å². The van der Waals surface area contributed by atoms with Crippen molar-refractivity contribution in [3.8, 4) is 5.75 Å². The van der Waals surface area contributed by atoms with Crippen LogP contribution in [0.3, 0.4) is 0 Å². The van der Waals surface area contributed by atoms with Crippen LogP contribution in [0.1, 0.15) is 30.0 Å². The first-order valence-electron chi connectivity index (χ1n) is 11.3. The number of aromatic nitrogens is 1. The van der Waals surface area contributed by atoms with Gasteiger partial charge in [-0.2, -0.15) is 0 Å². The van der Waals surface area contributed by atoms with Crippen molar-refractivity contribution < 1.29 is 9.53 Å². The van der Waals surface area contributed by atoms with E-state index in [1.807, 2.05) is 31.2 Å². The van der Waals surface area contributed by atoms with Crippen LogP contribution >= 0.6 is 23.1 Å². The van der Waals surface area contributed by atoms with Crippen LogP contribution in [-0.4, -0.2) is 43.0 Å². The van der Waals surface area contributed by atoms with Gasteiger partial charge in [0.2, 0.25) is 5.91 Å². The second kappa shape index (κ2) is 11.1. The molecule has 1 aliphatic heterocycles. The minimum atomic E-state index is -0.224. The number of nitrogens with one attached hydrogen (secondary N) is 2. The fourth-order valence-electron chi connectivity index (χ4n) is 3.99. The summed E-state index contributed by atoms with van der Waals surface area (Å²) in [5, 5.41) is 7.07. The summed E-state index contributed by atoms with van der Waals surface area (Å²) in [7, 11) is 3.90. The molecule has 1 saturated heterocycles. The topological polar surface area (TPSA) is 66.5 Å². The predicted octanol–water partition coefficient (Wildman–Crippen LogP) is 6.29. The van der Waals surface area contributed by atoms with Gasteiger partial charge in [0.15, 0.2) is 5.13 Å². The zero-order chi connectivity index (χ0) is 24.1. The molecule has 1 aliphatic rings. The van der Waals surface area contributed by atoms with Crippen molar-refractivity contribution in [2.45, 2.75) is 34.8 Å². The average Bonchev–Trinajstić information content (AvgIpc) is 3.18. The maximum Gasteiger partial charge on any atom is 0.247 e. The van der Waals surface area contributed by atoms with Crippen LogP contribution in [0.25, 0.3) is 0 Å². The second-order valence-electron chi connectivity index (χ2n) is 8.38. The van der Waals surface area contributed by atoms with E-state index in [2.05, 4.69) is 47.4 Å². The Labute approximate surface area is 209 Å². The molecule has 0 radical (unpaired) electrons. The molecule has 0 spiro atoms. The van der Waals surface area contributed by atoms with Crippen LogP contribution in [0.4, 0.5) is 16.5 Å². The van der Waals surface area contributed by atoms with E-state index in [-0.39, 0.29) is 5.91 Å². The fraction of sp³-hybridized carbons (Fsp3) is 0.308. The molecule has 2 N–H and O–H groups in total. The van der Waals surface area contributed by atoms with Crippen LogP contribution < -0.4 is 15.4 Å². The summed E-state index contributed by atoms with van der Waals surface area (Å²) in [6, 6.07) is 14.2. The fourth-order valence-corrected chi connectivity index (χ4v) is 6.13. The van der Waals surface area contributed by atoms with Crippen LogP contribution in [0.15, 0.2) is 64.2 Å². The molecule has 0 unspecified atom stereocenters. The van der Waals surface area contributed by atoms with Gasteiger partial charge in [-0.15, -0.1) is 0 Å². The molecule has 4 rings (SSSR count). The molecule has 2 aromatic carbocycles. The van der Waals surface area contributed by atoms with E-state index in [0.717, 1.165) is 50.1 Å². The molecule has 34 heavy (non-hydrogen) atoms. The minimum Gasteiger partial charge on any atom is -0.495 e. The van der Waals surface area contributed by atoms with Gasteiger partial charge in [0, 0.05) is 10.6 Å². The first-order valence-corrected chi connectivity index (χ1v) is 12.9. The van der Waals surface area contributed by atoms with E-state index in [0.29, 0.717) is 5.92 Å². The van der Waals surface area contributed by atoms with Gasteiger partial charge in [-0.25, -0.2) is 4.98 Å². The Morgan fingerprint density at radius 2 is 2.06 bits per heavy atom. The SMILES string of the molecule is C=CC(=O)Nc1cccc(Sc2sc(Nc3ccc(C4CCN(C)CC4)cc3OC)nc2C)c1. The standard InChI is InChI=1S/C26H30N4O2S2/c1-5-24(31)28-20-7-6-8-21(16-20)33-25-17(2)27-26(34-25)29-22-10-9-19(15-23(22)32-4)18-11-13-30(3)14-12-18/h5-10,15-16,18H,1,11-14H2,2-4H3,(H,27,29)(H,28,31). The highest BCUT2D eigenvalue weighted by Gasteiger charge is 2.20. The second-order valence-corrected chi connectivity index (χ2v) is 10.7. The van der Waals surface area contributed by atoms with Crippen LogP contribution in [0.2, 0.25) is 0 Å². The molecule has 178 valence electrons. The largest absolute Gasteiger partial charge is 0.495 e. The zero-order valence-electron chi connectivity index (χ0n) is 19.8. The van der Waals surface area contributed by atoms with Gasteiger partial charge in [0.25, 0.3) is 0 Å². The third kappa shape index (κ3) is 6.00. The van der Waals surface area contributed by atoms with Crippen LogP contribution in [0.5, 0.6) is 5.75 Å². The molecule has 0 bridgehead atoms. The molecule has 3 aromatic rings. The third-order valence-corrected chi connectivity index (χ3v) is 8.25. The van der Waals surface area contributed by atoms with E-state index < -0.39 is 0 Å². The number of aryl methyl sites for hydroxylation is 1. The van der Waals surface area contributed by atoms with E-state index in [4.69, 9.17) is 9.72 Å².